The monoisotopic (exact) mass is 1930 g/mol. The Morgan fingerprint density at radius 2 is 0.440 bits per heavy atom. The van der Waals surface area contributed by atoms with Gasteiger partial charge in [0.2, 0.25) is 0 Å². The summed E-state index contributed by atoms with van der Waals surface area (Å²) >= 11 is 0. The number of hydrogen-bond acceptors (Lipinski definition) is 38. The lowest BCUT2D eigenvalue weighted by molar-refractivity contribution is -0.853. The van der Waals surface area contributed by atoms with Crippen molar-refractivity contribution in [3.8, 4) is 0 Å². The maximum Gasteiger partial charge on any atom is 0.345 e. The predicted octanol–water partition coefficient (Wildman–Crippen LogP) is 22.9. The molecule has 0 radical (unpaired) electrons. The molecule has 4 rings (SSSR count). The number of ether oxygens (including phenoxy) is 10. The van der Waals surface area contributed by atoms with Gasteiger partial charge in [-0.3, -0.25) is 9.59 Å². The van der Waals surface area contributed by atoms with Gasteiger partial charge in [0.15, 0.2) is 25.7 Å². The van der Waals surface area contributed by atoms with E-state index < -0.39 is 42.7 Å². The summed E-state index contributed by atoms with van der Waals surface area (Å²) in [4.78, 5) is 89.6. The minimum atomic E-state index is -0.677. The fourth-order valence-electron chi connectivity index (χ4n) is 10.7. The molecule has 134 heavy (non-hydrogen) atoms. The highest BCUT2D eigenvalue weighted by molar-refractivity contribution is 5.73. The quantitative estimate of drug-likeness (QED) is 0.0104. The molecular weight excluding hydrogens is 1760 g/mol. The third-order valence-electron chi connectivity index (χ3n) is 14.7. The van der Waals surface area contributed by atoms with Crippen LogP contribution in [0.1, 0.15) is 106 Å². The van der Waals surface area contributed by atoms with Crippen LogP contribution in [0.4, 0.5) is 0 Å². The van der Waals surface area contributed by atoms with Crippen LogP contribution in [-0.4, -0.2) is 125 Å². The molecular formula is C96H164O38. The maximum atomic E-state index is 12.6. The van der Waals surface area contributed by atoms with E-state index in [1.807, 2.05) is 0 Å². The van der Waals surface area contributed by atoms with Crippen LogP contribution in [0.3, 0.4) is 0 Å². The molecule has 12 atom stereocenters. The summed E-state index contributed by atoms with van der Waals surface area (Å²) in [7, 11) is 0. The van der Waals surface area contributed by atoms with Crippen LogP contribution in [-0.2, 0) is 186 Å². The second-order valence-corrected chi connectivity index (χ2v) is 20.0. The normalized spacial score (nSPS) is 17.0. The molecule has 0 saturated heterocycles. The van der Waals surface area contributed by atoms with Crippen LogP contribution < -0.4 is 0 Å². The van der Waals surface area contributed by atoms with Crippen LogP contribution in [0.15, 0.2) is 339 Å². The van der Waals surface area contributed by atoms with Crippen LogP contribution >= 0.6 is 0 Å². The number of fused-ring (bicyclic) bond motifs is 2. The third kappa shape index (κ3) is 97.9. The van der Waals surface area contributed by atoms with Crippen LogP contribution in [0.25, 0.3) is 0 Å². The lowest BCUT2D eigenvalue weighted by Crippen LogP contribution is -2.30. The predicted molar refractivity (Wildman–Crippen MR) is 519 cm³/mol. The molecule has 4 aliphatic rings. The Bertz CT molecular complexity index is 2490. The molecule has 0 bridgehead atoms. The van der Waals surface area contributed by atoms with E-state index in [0.717, 1.165) is 76.4 Å². The van der Waals surface area contributed by atoms with Crippen molar-refractivity contribution in [1.29, 1.82) is 0 Å². The van der Waals surface area contributed by atoms with Crippen LogP contribution in [0.5, 0.6) is 0 Å². The van der Waals surface area contributed by atoms with E-state index in [-0.39, 0.29) is 130 Å². The number of carbonyl (C=O) groups is 6. The lowest BCUT2D eigenvalue weighted by atomic mass is 9.92. The summed E-state index contributed by atoms with van der Waals surface area (Å²) in [5.41, 5.74) is 0. The molecule has 0 heterocycles. The molecule has 38 heteroatoms. The topological polar surface area (TPSA) is 398 Å². The average Bonchev–Trinajstić information content (AvgIpc) is 1.62. The van der Waals surface area contributed by atoms with E-state index in [0.29, 0.717) is 12.8 Å². The first-order valence-corrected chi connectivity index (χ1v) is 39.7. The summed E-state index contributed by atoms with van der Waals surface area (Å²) in [5, 5.41) is 70.0. The van der Waals surface area contributed by atoms with Crippen molar-refractivity contribution < 1.29 is 186 Å². The first-order chi connectivity index (χ1) is 65.7. The Kier molecular flexibility index (Phi) is 192. The van der Waals surface area contributed by atoms with E-state index >= 15 is 0 Å². The zero-order valence-corrected chi connectivity index (χ0v) is 81.1. The van der Waals surface area contributed by atoms with Gasteiger partial charge in [0, 0.05) is 86.9 Å². The summed E-state index contributed by atoms with van der Waals surface area (Å²) < 4.78 is 53.1. The Balaban J connectivity index is -0.0000000958. The molecule has 776 valence electrons. The van der Waals surface area contributed by atoms with Crippen LogP contribution in [0.2, 0.25) is 0 Å². The SMILES string of the molecule is C=C.C=C.C=C.C=C.C=C.C=C.C=C.C=C.C=C.C=C.C=C.C=C.C=C.C=C.C=C.C=C.C=C.C=C.C=C.C=C.C=CC(C=C)OC(=O)CO/C=C\OOOOOOOOOOOCCOCC(=O)OC(C=C)C=C.CCC(=O)O[C@H]1C(CC)CC2C(OC(=O)CO/C=C/OOOOOOOOOOOCCOCC(=O)O[C@@H]3C(CC)CC4C3CC(CC)[C@@H]4OC(=O)CC)C(CC)CC21. The smallest absolute Gasteiger partial charge is 0.345 e. The van der Waals surface area contributed by atoms with Crippen molar-refractivity contribution >= 4 is 35.8 Å². The second-order valence-electron chi connectivity index (χ2n) is 20.0. The standard InChI is InChI=1S/C38H60O21.C18H24O17.20C2H4/c1-7-23-17-29-27(35(23)47-31(39)11-5)19-25(9-3)37(29)49-33(41)21-43-13-15-45-51-53-55-57-59-58-56-54-52-46-16-14-44-22-34(42)50-38-26(10-4)20-28-30(38)18-24(8-2)36(28)48-32(40)12-6;1-5-15(6-2)25-17(19)13-21-9-11-23-27-29-31-33-35-34-32-30-28-24-12-10-22-14-18(20)26-16(7-3)8-4;20*1-2/h13,15,23-30,35-38H,7-12,14,16-22H2,1-6H3;5-9,11,15-16H,1-4,10,12-14H2;20*1-2H2/b15-13+;11-9-;;;;;;;;;;;;;;;;;;;;/t23?,24?,25?,26?,27?,28?,29?,30?,35-,36-,37?,38+;;;;;;;;;;;;;;;;;;;;;/m0...................../s1. The van der Waals surface area contributed by atoms with Crippen molar-refractivity contribution in [2.24, 2.45) is 47.3 Å². The molecule has 0 spiro atoms. The average molecular weight is 1930 g/mol. The van der Waals surface area contributed by atoms with E-state index in [1.165, 1.54) is 24.3 Å². The molecule has 38 nitrogen and oxygen atoms in total. The van der Waals surface area contributed by atoms with Gasteiger partial charge in [-0.2, -0.15) is 0 Å². The summed E-state index contributed by atoms with van der Waals surface area (Å²) in [5.74, 6) is -1.34. The fraction of sp³-hybridized carbons (Fsp3) is 0.396. The van der Waals surface area contributed by atoms with E-state index in [9.17, 15) is 28.8 Å². The Hall–Kier alpha value is -11.6. The molecule has 0 aromatic carbocycles. The van der Waals surface area contributed by atoms with Gasteiger partial charge in [-0.05, 0) is 140 Å². The molecule has 0 aromatic rings. The van der Waals surface area contributed by atoms with Gasteiger partial charge in [0.1, 0.15) is 75.6 Å². The summed E-state index contributed by atoms with van der Waals surface area (Å²) in [6, 6.07) is 0. The van der Waals surface area contributed by atoms with Gasteiger partial charge < -0.3 is 57.1 Å². The number of esters is 6. The molecule has 0 aliphatic heterocycles. The zero-order valence-electron chi connectivity index (χ0n) is 81.1. The largest absolute Gasteiger partial charge is 0.486 e. The van der Waals surface area contributed by atoms with E-state index in [4.69, 9.17) is 47.4 Å². The Morgan fingerprint density at radius 1 is 0.246 bits per heavy atom. The van der Waals surface area contributed by atoms with Gasteiger partial charge >= 0.3 is 35.8 Å². The highest BCUT2D eigenvalue weighted by atomic mass is 18.0. The molecule has 4 saturated carbocycles. The first kappa shape index (κ1) is 165. The van der Waals surface area contributed by atoms with Gasteiger partial charge in [-0.25, -0.2) is 29.0 Å². The Morgan fingerprint density at radius 3 is 0.664 bits per heavy atom. The van der Waals surface area contributed by atoms with Crippen LogP contribution in [0, 0.1) is 47.3 Å². The van der Waals surface area contributed by atoms with Crippen molar-refractivity contribution in [3.63, 3.8) is 0 Å². The Labute approximate surface area is 800 Å². The highest BCUT2D eigenvalue weighted by Gasteiger charge is 2.57. The molecule has 0 aromatic heterocycles. The molecule has 0 amide bonds. The van der Waals surface area contributed by atoms with Crippen molar-refractivity contribution in [2.75, 3.05) is 52.9 Å². The number of hydrogen-bond donors (Lipinski definition) is 0. The third-order valence-corrected chi connectivity index (χ3v) is 14.7. The van der Waals surface area contributed by atoms with Crippen molar-refractivity contribution in [2.45, 2.75) is 142 Å². The van der Waals surface area contributed by atoms with E-state index in [1.54, 1.807) is 13.8 Å². The zero-order chi connectivity index (χ0) is 109. The lowest BCUT2D eigenvalue weighted by Gasteiger charge is -2.25. The van der Waals surface area contributed by atoms with Gasteiger partial charge in [0.25, 0.3) is 0 Å². The first-order valence-electron chi connectivity index (χ1n) is 39.7. The van der Waals surface area contributed by atoms with Gasteiger partial charge in [0.05, 0.1) is 13.2 Å². The van der Waals surface area contributed by atoms with E-state index in [2.05, 4.69) is 427 Å². The summed E-state index contributed by atoms with van der Waals surface area (Å²) in [6.07, 6.45) is 14.6. The number of carbonyl (C=O) groups excluding carboxylic acids is 6. The fourth-order valence-corrected chi connectivity index (χ4v) is 10.7. The minimum Gasteiger partial charge on any atom is -0.486 e. The maximum absolute atomic E-state index is 12.6. The van der Waals surface area contributed by atoms with Gasteiger partial charge in [-0.1, -0.05) is 67.9 Å². The van der Waals surface area contributed by atoms with Crippen molar-refractivity contribution in [3.05, 3.63) is 339 Å². The number of rotatable bonds is 54. The molecule has 4 aliphatic carbocycles. The second kappa shape index (κ2) is 155. The molecule has 9 unspecified atom stereocenters. The molecule has 4 fully saturated rings. The highest BCUT2D eigenvalue weighted by Crippen LogP contribution is 2.55. The molecule has 0 N–H and O–H groups in total. The van der Waals surface area contributed by atoms with Gasteiger partial charge in [-0.15, -0.1) is 263 Å². The summed E-state index contributed by atoms with van der Waals surface area (Å²) in [6.45, 7) is 144. The van der Waals surface area contributed by atoms with Crippen molar-refractivity contribution in [1.82, 2.24) is 0 Å². The minimum absolute atomic E-state index is 0.0529.